The summed E-state index contributed by atoms with van der Waals surface area (Å²) in [6, 6.07) is 16.4. The number of carbonyl (C=O) groups is 5. The number of nitrogens with zero attached hydrogens (tertiary/aromatic N) is 3. The van der Waals surface area contributed by atoms with Crippen molar-refractivity contribution < 1.29 is 38.3 Å². The number of benzene rings is 2. The van der Waals surface area contributed by atoms with Gasteiger partial charge in [-0.15, -0.1) is 0 Å². The van der Waals surface area contributed by atoms with Crippen molar-refractivity contribution in [3.05, 3.63) is 71.8 Å². The smallest absolute Gasteiger partial charge is 0.269 e. The van der Waals surface area contributed by atoms with Crippen molar-refractivity contribution in [3.63, 3.8) is 0 Å². The van der Waals surface area contributed by atoms with Crippen LogP contribution in [0.25, 0.3) is 0 Å². The van der Waals surface area contributed by atoms with Crippen LogP contribution in [-0.2, 0) is 38.3 Å². The number of imide groups is 1. The van der Waals surface area contributed by atoms with Gasteiger partial charge in [-0.1, -0.05) is 116 Å². The van der Waals surface area contributed by atoms with Gasteiger partial charge in [-0.2, -0.15) is 0 Å². The van der Waals surface area contributed by atoms with Gasteiger partial charge in [0.2, 0.25) is 23.6 Å². The second kappa shape index (κ2) is 24.7. The summed E-state index contributed by atoms with van der Waals surface area (Å²) in [6.45, 7) is 15.0. The molecule has 9 atom stereocenters. The SMILES string of the molecule is CC[C@H](C)[C@@H]([C@@H](CC(=O)N1CCC[C@H]1[C@H](OC)[C@@H](C)C(=O)N[C@H](C(=O)N1CCCCO1)C(c1ccccc1)c1ccccc1)OC)N(C)[C@H](C(=O)NC(=O)[C@@H](NC)C(C)C)C(C)C. The van der Waals surface area contributed by atoms with E-state index in [0.29, 0.717) is 26.1 Å². The fourth-order valence-electron chi connectivity index (χ4n) is 9.77. The Morgan fingerprint density at radius 3 is 1.90 bits per heavy atom. The molecule has 2 aromatic rings. The number of methoxy groups -OCH3 is 2. The Kier molecular flexibility index (Phi) is 20.2. The van der Waals surface area contributed by atoms with Crippen molar-refractivity contribution in [1.82, 2.24) is 30.8 Å². The Hall–Kier alpha value is -4.21. The normalized spacial score (nSPS) is 19.6. The highest BCUT2D eigenvalue weighted by Crippen LogP contribution is 2.33. The van der Waals surface area contributed by atoms with Crippen molar-refractivity contribution in [3.8, 4) is 0 Å². The fraction of sp³-hybridized carbons (Fsp3) is 0.653. The molecule has 0 spiro atoms. The third-order valence-electron chi connectivity index (χ3n) is 13.2. The quantitative estimate of drug-likeness (QED) is 0.144. The summed E-state index contributed by atoms with van der Waals surface area (Å²) in [4.78, 5) is 80.3. The van der Waals surface area contributed by atoms with Gasteiger partial charge in [0.1, 0.15) is 6.04 Å². The van der Waals surface area contributed by atoms with Crippen molar-refractivity contribution in [2.24, 2.45) is 23.7 Å². The second-order valence-corrected chi connectivity index (χ2v) is 18.1. The Bertz CT molecular complexity index is 1720. The van der Waals surface area contributed by atoms with E-state index in [1.165, 1.54) is 5.06 Å². The number of amides is 5. The van der Waals surface area contributed by atoms with Crippen LogP contribution in [0.3, 0.4) is 0 Å². The maximum atomic E-state index is 14.6. The predicted octanol–water partition coefficient (Wildman–Crippen LogP) is 5.16. The van der Waals surface area contributed by atoms with E-state index in [1.807, 2.05) is 105 Å². The maximum Gasteiger partial charge on any atom is 0.269 e. The lowest BCUT2D eigenvalue weighted by molar-refractivity contribution is -0.199. The molecule has 4 rings (SSSR count). The van der Waals surface area contributed by atoms with Crippen LogP contribution in [0.1, 0.15) is 104 Å². The number of likely N-dealkylation sites (tertiary alicyclic amines) is 1. The largest absolute Gasteiger partial charge is 0.379 e. The highest BCUT2D eigenvalue weighted by molar-refractivity contribution is 6.00. The molecule has 14 nitrogen and oxygen atoms in total. The Balaban J connectivity index is 1.58. The fourth-order valence-corrected chi connectivity index (χ4v) is 9.77. The second-order valence-electron chi connectivity index (χ2n) is 18.1. The molecule has 2 fully saturated rings. The first-order valence-electron chi connectivity index (χ1n) is 23.0. The van der Waals surface area contributed by atoms with Crippen LogP contribution in [-0.4, -0.2) is 135 Å². The first-order valence-corrected chi connectivity index (χ1v) is 23.0. The molecule has 2 aliphatic heterocycles. The molecule has 5 amide bonds. The van der Waals surface area contributed by atoms with Crippen LogP contribution in [0.2, 0.25) is 0 Å². The molecule has 2 aliphatic rings. The molecule has 0 aromatic heterocycles. The van der Waals surface area contributed by atoms with Crippen molar-refractivity contribution in [2.45, 2.75) is 135 Å². The summed E-state index contributed by atoms with van der Waals surface area (Å²) >= 11 is 0. The molecule has 0 bridgehead atoms. The van der Waals surface area contributed by atoms with Gasteiger partial charge in [-0.25, -0.2) is 5.06 Å². The molecule has 0 saturated carbocycles. The van der Waals surface area contributed by atoms with Crippen molar-refractivity contribution in [1.29, 1.82) is 0 Å². The number of nitrogens with one attached hydrogen (secondary N) is 3. The van der Waals surface area contributed by atoms with E-state index in [0.717, 1.165) is 36.8 Å². The van der Waals surface area contributed by atoms with Crippen molar-refractivity contribution in [2.75, 3.05) is 48.0 Å². The minimum Gasteiger partial charge on any atom is -0.379 e. The predicted molar refractivity (Wildman–Crippen MR) is 244 cm³/mol. The number of rotatable bonds is 22. The van der Waals surface area contributed by atoms with Crippen LogP contribution in [0.4, 0.5) is 0 Å². The first-order chi connectivity index (χ1) is 30.1. The minimum absolute atomic E-state index is 0.0182. The topological polar surface area (TPSA) is 159 Å². The zero-order chi connectivity index (χ0) is 46.4. The maximum absolute atomic E-state index is 14.6. The van der Waals surface area contributed by atoms with E-state index >= 15 is 0 Å². The average molecular weight is 877 g/mol. The average Bonchev–Trinajstić information content (AvgIpc) is 3.76. The lowest BCUT2D eigenvalue weighted by atomic mass is 9.83. The zero-order valence-electron chi connectivity index (χ0n) is 39.7. The van der Waals surface area contributed by atoms with E-state index in [2.05, 4.69) is 29.8 Å². The number of ether oxygens (including phenoxy) is 2. The summed E-state index contributed by atoms with van der Waals surface area (Å²) in [5.41, 5.74) is 1.75. The van der Waals surface area contributed by atoms with E-state index in [9.17, 15) is 24.0 Å². The molecule has 2 saturated heterocycles. The summed E-state index contributed by atoms with van der Waals surface area (Å²) in [7, 11) is 6.72. The van der Waals surface area contributed by atoms with Crippen LogP contribution in [0.5, 0.6) is 0 Å². The number of hydrogen-bond donors (Lipinski definition) is 3. The van der Waals surface area contributed by atoms with Gasteiger partial charge in [-0.05, 0) is 68.7 Å². The third kappa shape index (κ3) is 13.0. The number of likely N-dealkylation sites (N-methyl/N-ethyl adjacent to an activating group) is 2. The Labute approximate surface area is 376 Å². The monoisotopic (exact) mass is 877 g/mol. The van der Waals surface area contributed by atoms with Gasteiger partial charge in [0, 0.05) is 39.3 Å². The van der Waals surface area contributed by atoms with Gasteiger partial charge in [0.25, 0.3) is 5.91 Å². The van der Waals surface area contributed by atoms with Gasteiger partial charge in [0.05, 0.1) is 49.3 Å². The minimum atomic E-state index is -0.992. The van der Waals surface area contributed by atoms with Gasteiger partial charge in [-0.3, -0.25) is 39.0 Å². The van der Waals surface area contributed by atoms with Gasteiger partial charge in [0.15, 0.2) is 0 Å². The number of hydrogen-bond acceptors (Lipinski definition) is 10. The molecule has 0 radical (unpaired) electrons. The first kappa shape index (κ1) is 51.4. The van der Waals surface area contributed by atoms with Crippen molar-refractivity contribution >= 4 is 29.5 Å². The summed E-state index contributed by atoms with van der Waals surface area (Å²) < 4.78 is 12.3. The van der Waals surface area contributed by atoms with Gasteiger partial charge >= 0.3 is 0 Å². The van der Waals surface area contributed by atoms with Crippen LogP contribution in [0, 0.1) is 23.7 Å². The van der Waals surface area contributed by atoms with Crippen LogP contribution < -0.4 is 16.0 Å². The summed E-state index contributed by atoms with van der Waals surface area (Å²) in [5.74, 6) is -3.03. The molecular weight excluding hydrogens is 801 g/mol. The Morgan fingerprint density at radius 1 is 0.794 bits per heavy atom. The van der Waals surface area contributed by atoms with Crippen LogP contribution in [0.15, 0.2) is 60.7 Å². The zero-order valence-corrected chi connectivity index (χ0v) is 39.7. The molecule has 0 unspecified atom stereocenters. The van der Waals surface area contributed by atoms with E-state index < -0.39 is 54.1 Å². The van der Waals surface area contributed by atoms with E-state index in [4.69, 9.17) is 14.3 Å². The molecule has 14 heteroatoms. The molecule has 63 heavy (non-hydrogen) atoms. The summed E-state index contributed by atoms with van der Waals surface area (Å²) in [5, 5.41) is 10.2. The third-order valence-corrected chi connectivity index (χ3v) is 13.2. The van der Waals surface area contributed by atoms with Gasteiger partial charge < -0.3 is 25.0 Å². The lowest BCUT2D eigenvalue weighted by Gasteiger charge is -2.43. The molecule has 0 aliphatic carbocycles. The summed E-state index contributed by atoms with van der Waals surface area (Å²) in [6.07, 6.45) is 2.51. The molecule has 2 heterocycles. The lowest BCUT2D eigenvalue weighted by Crippen LogP contribution is -2.60. The number of carbonyl (C=O) groups excluding carboxylic acids is 5. The molecule has 350 valence electrons. The van der Waals surface area contributed by atoms with Crippen LogP contribution >= 0.6 is 0 Å². The molecule has 3 N–H and O–H groups in total. The highest BCUT2D eigenvalue weighted by atomic mass is 16.7. The molecular formula is C49H76N6O8. The van der Waals surface area contributed by atoms with E-state index in [-0.39, 0.29) is 53.8 Å². The highest BCUT2D eigenvalue weighted by Gasteiger charge is 2.45. The Morgan fingerprint density at radius 2 is 1.41 bits per heavy atom. The molecule has 2 aromatic carbocycles. The number of hydroxylamine groups is 2. The standard InChI is InChI=1S/C49H76N6O8/c1-12-33(6)44(53(9)43(32(4)5)48(59)52-47(58)41(50-8)31(2)3)38(61-10)30-39(56)54-27-21-26-37(54)45(62-11)34(7)46(57)51-42(49(60)55-28-19-20-29-63-55)40(35-22-15-13-16-23-35)36-24-17-14-18-25-36/h13-18,22-25,31-34,37-38,40-45,50H,12,19-21,26-30H2,1-11H3,(H,51,57)(H,52,58,59)/t33-,34+,37-,38+,41-,42-,43-,44-,45+/m0/s1. The van der Waals surface area contributed by atoms with E-state index in [1.54, 1.807) is 28.2 Å².